The van der Waals surface area contributed by atoms with Crippen LogP contribution >= 0.6 is 0 Å². The van der Waals surface area contributed by atoms with Crippen molar-refractivity contribution in [3.8, 4) is 11.5 Å². The van der Waals surface area contributed by atoms with Crippen molar-refractivity contribution < 1.29 is 19.4 Å². The maximum absolute atomic E-state index is 12.5. The first-order valence-corrected chi connectivity index (χ1v) is 11.1. The van der Waals surface area contributed by atoms with Crippen LogP contribution < -0.4 is 20.1 Å². The molecule has 0 saturated heterocycles. The molecule has 0 saturated carbocycles. The smallest absolute Gasteiger partial charge is 0.255 e. The van der Waals surface area contributed by atoms with Crippen LogP contribution in [0.2, 0.25) is 0 Å². The first-order chi connectivity index (χ1) is 14.9. The number of anilines is 1. The molecular weight excluding hydrogens is 392 g/mol. The Labute approximate surface area is 186 Å². The summed E-state index contributed by atoms with van der Waals surface area (Å²) in [6.45, 7) is 8.54. The van der Waals surface area contributed by atoms with Crippen LogP contribution in [0.3, 0.4) is 0 Å². The fraction of sp³-hybridized carbons (Fsp3) is 0.480. The summed E-state index contributed by atoms with van der Waals surface area (Å²) in [6.07, 6.45) is 3.48. The number of amides is 1. The summed E-state index contributed by atoms with van der Waals surface area (Å²) in [5.74, 6) is 1.20. The van der Waals surface area contributed by atoms with Crippen molar-refractivity contribution in [2.45, 2.75) is 71.8 Å². The Morgan fingerprint density at radius 1 is 0.935 bits per heavy atom. The summed E-state index contributed by atoms with van der Waals surface area (Å²) in [5.41, 5.74) is 1.23. The number of aliphatic hydroxyl groups excluding tert-OH is 1. The number of hydrogen-bond donors (Lipinski definition) is 3. The van der Waals surface area contributed by atoms with Crippen molar-refractivity contribution in [2.24, 2.45) is 0 Å². The molecule has 2 atom stereocenters. The molecule has 31 heavy (non-hydrogen) atoms. The first kappa shape index (κ1) is 24.7. The number of rotatable bonds is 13. The minimum atomic E-state index is -0.662. The molecule has 0 bridgehead atoms. The topological polar surface area (TPSA) is 79.8 Å². The number of benzene rings is 2. The number of ether oxygens (including phenoxy) is 2. The van der Waals surface area contributed by atoms with Crippen LogP contribution in [-0.4, -0.2) is 36.0 Å². The van der Waals surface area contributed by atoms with Crippen LogP contribution in [0.4, 0.5) is 5.69 Å². The van der Waals surface area contributed by atoms with Gasteiger partial charge in [0.25, 0.3) is 5.91 Å². The van der Waals surface area contributed by atoms with E-state index in [2.05, 4.69) is 17.6 Å². The minimum Gasteiger partial charge on any atom is -0.494 e. The summed E-state index contributed by atoms with van der Waals surface area (Å²) in [4.78, 5) is 12.5. The highest BCUT2D eigenvalue weighted by Crippen LogP contribution is 2.19. The van der Waals surface area contributed by atoms with Gasteiger partial charge in [0, 0.05) is 17.3 Å². The summed E-state index contributed by atoms with van der Waals surface area (Å²) in [6, 6.07) is 14.4. The molecule has 0 fully saturated rings. The number of nitrogens with one attached hydrogen (secondary N) is 2. The van der Waals surface area contributed by atoms with E-state index < -0.39 is 12.3 Å². The second-order valence-electron chi connectivity index (χ2n) is 8.01. The highest BCUT2D eigenvalue weighted by atomic mass is 16.5. The normalized spacial score (nSPS) is 13.0. The summed E-state index contributed by atoms with van der Waals surface area (Å²) < 4.78 is 11.5. The molecule has 2 rings (SSSR count). The lowest BCUT2D eigenvalue weighted by molar-refractivity contribution is 0.0218. The maximum Gasteiger partial charge on any atom is 0.255 e. The van der Waals surface area contributed by atoms with Crippen LogP contribution in [0.15, 0.2) is 48.5 Å². The molecule has 2 aromatic carbocycles. The van der Waals surface area contributed by atoms with E-state index >= 15 is 0 Å². The van der Waals surface area contributed by atoms with E-state index in [4.69, 9.17) is 9.47 Å². The summed E-state index contributed by atoms with van der Waals surface area (Å²) in [5, 5.41) is 15.9. The van der Waals surface area contributed by atoms with Gasteiger partial charge in [-0.05, 0) is 75.7 Å². The lowest BCUT2D eigenvalue weighted by Crippen LogP contribution is -2.46. The van der Waals surface area contributed by atoms with Crippen molar-refractivity contribution >= 4 is 11.6 Å². The van der Waals surface area contributed by atoms with Gasteiger partial charge in [0.1, 0.15) is 17.6 Å². The van der Waals surface area contributed by atoms with Crippen LogP contribution in [0.25, 0.3) is 0 Å². The van der Waals surface area contributed by atoms with Gasteiger partial charge in [0.15, 0.2) is 6.23 Å². The molecule has 0 aliphatic rings. The van der Waals surface area contributed by atoms with Gasteiger partial charge in [0.2, 0.25) is 0 Å². The highest BCUT2D eigenvalue weighted by Gasteiger charge is 2.17. The van der Waals surface area contributed by atoms with Crippen molar-refractivity contribution in [1.29, 1.82) is 0 Å². The van der Waals surface area contributed by atoms with Gasteiger partial charge in [-0.2, -0.15) is 0 Å². The number of aliphatic hydroxyl groups is 1. The van der Waals surface area contributed by atoms with Gasteiger partial charge in [-0.15, -0.1) is 0 Å². The standard InChI is InChI=1S/C25H36N2O4/c1-5-6-7-8-17-30-22-13-9-20(10-14-22)24(29)27-21-11-15-23(16-12-21)31-25(19(4)28)26-18(2)3/h9-16,18-19,25-26,28H,5-8,17H2,1-4H3,(H,27,29). The second-order valence-corrected chi connectivity index (χ2v) is 8.01. The van der Waals surface area contributed by atoms with Crippen LogP contribution in [0, 0.1) is 0 Å². The fourth-order valence-corrected chi connectivity index (χ4v) is 2.99. The van der Waals surface area contributed by atoms with Gasteiger partial charge in [-0.1, -0.05) is 26.2 Å². The first-order valence-electron chi connectivity index (χ1n) is 11.1. The number of unbranched alkanes of at least 4 members (excludes halogenated alkanes) is 3. The Hall–Kier alpha value is -2.57. The predicted molar refractivity (Wildman–Crippen MR) is 125 cm³/mol. The lowest BCUT2D eigenvalue weighted by Gasteiger charge is -2.25. The van der Waals surface area contributed by atoms with E-state index in [9.17, 15) is 9.90 Å². The molecule has 170 valence electrons. The maximum atomic E-state index is 12.5. The zero-order valence-electron chi connectivity index (χ0n) is 19.1. The van der Waals surface area contributed by atoms with E-state index in [0.29, 0.717) is 23.6 Å². The van der Waals surface area contributed by atoms with E-state index in [0.717, 1.165) is 12.2 Å². The Kier molecular flexibility index (Phi) is 10.3. The molecule has 6 heteroatoms. The Morgan fingerprint density at radius 3 is 2.16 bits per heavy atom. The number of carbonyl (C=O) groups is 1. The van der Waals surface area contributed by atoms with Gasteiger partial charge < -0.3 is 19.9 Å². The zero-order chi connectivity index (χ0) is 22.6. The Balaban J connectivity index is 1.86. The molecule has 0 aliphatic carbocycles. The third-order valence-corrected chi connectivity index (χ3v) is 4.69. The largest absolute Gasteiger partial charge is 0.494 e. The molecule has 0 spiro atoms. The predicted octanol–water partition coefficient (Wildman–Crippen LogP) is 4.98. The molecule has 0 heterocycles. The van der Waals surface area contributed by atoms with Crippen LogP contribution in [0.1, 0.15) is 63.7 Å². The highest BCUT2D eigenvalue weighted by molar-refractivity contribution is 6.04. The molecule has 3 N–H and O–H groups in total. The molecule has 0 aliphatic heterocycles. The van der Waals surface area contributed by atoms with Gasteiger partial charge in [0.05, 0.1) is 6.61 Å². The van der Waals surface area contributed by atoms with Crippen molar-refractivity contribution in [1.82, 2.24) is 5.32 Å². The Morgan fingerprint density at radius 2 is 1.58 bits per heavy atom. The summed E-state index contributed by atoms with van der Waals surface area (Å²) in [7, 11) is 0. The van der Waals surface area contributed by atoms with Crippen molar-refractivity contribution in [3.05, 3.63) is 54.1 Å². The fourth-order valence-electron chi connectivity index (χ4n) is 2.99. The number of carbonyl (C=O) groups excluding carboxylic acids is 1. The third kappa shape index (κ3) is 8.99. The SMILES string of the molecule is CCCCCCOc1ccc(C(=O)Nc2ccc(OC(NC(C)C)C(C)O)cc2)cc1. The van der Waals surface area contributed by atoms with Crippen molar-refractivity contribution in [3.63, 3.8) is 0 Å². The molecular formula is C25H36N2O4. The quantitative estimate of drug-likeness (QED) is 0.310. The number of hydrogen-bond acceptors (Lipinski definition) is 5. The van der Waals surface area contributed by atoms with E-state index in [1.54, 1.807) is 43.3 Å². The van der Waals surface area contributed by atoms with Gasteiger partial charge in [-0.25, -0.2) is 0 Å². The monoisotopic (exact) mass is 428 g/mol. The molecule has 0 radical (unpaired) electrons. The molecule has 2 aromatic rings. The van der Waals surface area contributed by atoms with Gasteiger partial charge >= 0.3 is 0 Å². The van der Waals surface area contributed by atoms with Crippen molar-refractivity contribution in [2.75, 3.05) is 11.9 Å². The lowest BCUT2D eigenvalue weighted by atomic mass is 10.2. The molecule has 0 aromatic heterocycles. The second kappa shape index (κ2) is 13.0. The van der Waals surface area contributed by atoms with E-state index in [-0.39, 0.29) is 11.9 Å². The Bertz CT molecular complexity index is 773. The third-order valence-electron chi connectivity index (χ3n) is 4.69. The zero-order valence-corrected chi connectivity index (χ0v) is 19.1. The molecule has 6 nitrogen and oxygen atoms in total. The van der Waals surface area contributed by atoms with E-state index in [1.165, 1.54) is 19.3 Å². The minimum absolute atomic E-state index is 0.177. The molecule has 2 unspecified atom stereocenters. The molecule has 1 amide bonds. The average Bonchev–Trinajstić information content (AvgIpc) is 2.74. The van der Waals surface area contributed by atoms with Crippen LogP contribution in [0.5, 0.6) is 11.5 Å². The average molecular weight is 429 g/mol. The van der Waals surface area contributed by atoms with Crippen LogP contribution in [-0.2, 0) is 0 Å². The summed E-state index contributed by atoms with van der Waals surface area (Å²) >= 11 is 0. The van der Waals surface area contributed by atoms with E-state index in [1.807, 2.05) is 26.0 Å². The van der Waals surface area contributed by atoms with Gasteiger partial charge in [-0.3, -0.25) is 10.1 Å².